The van der Waals surface area contributed by atoms with Crippen molar-refractivity contribution in [2.24, 2.45) is 10.9 Å². The first-order chi connectivity index (χ1) is 10.0. The molecule has 0 heterocycles. The summed E-state index contributed by atoms with van der Waals surface area (Å²) in [5.74, 6) is -1.06. The molecular weight excluding hydrogens is 344 g/mol. The number of hydrogen-bond donors (Lipinski definition) is 3. The van der Waals surface area contributed by atoms with Gasteiger partial charge in [-0.15, -0.1) is 0 Å². The first-order valence-electron chi connectivity index (χ1n) is 5.96. The number of anilines is 1. The summed E-state index contributed by atoms with van der Waals surface area (Å²) in [7, 11) is 0. The molecule has 110 valence electrons. The van der Waals surface area contributed by atoms with Crippen molar-refractivity contribution in [1.29, 1.82) is 0 Å². The second-order valence-electron chi connectivity index (χ2n) is 4.26. The van der Waals surface area contributed by atoms with Gasteiger partial charge in [0.25, 0.3) is 0 Å². The maximum atomic E-state index is 13.3. The van der Waals surface area contributed by atoms with Crippen LogP contribution in [0.4, 0.5) is 14.5 Å². The van der Waals surface area contributed by atoms with Crippen LogP contribution >= 0.6 is 15.9 Å². The van der Waals surface area contributed by atoms with E-state index in [4.69, 9.17) is 10.9 Å². The van der Waals surface area contributed by atoms with Gasteiger partial charge in [-0.25, -0.2) is 8.78 Å². The molecule has 0 aromatic heterocycles. The van der Waals surface area contributed by atoms with Crippen molar-refractivity contribution < 1.29 is 14.0 Å². The summed E-state index contributed by atoms with van der Waals surface area (Å²) < 4.78 is 27.2. The van der Waals surface area contributed by atoms with Crippen LogP contribution < -0.4 is 11.1 Å². The molecule has 2 aromatic carbocycles. The molecule has 0 aliphatic carbocycles. The lowest BCUT2D eigenvalue weighted by atomic mass is 10.1. The highest BCUT2D eigenvalue weighted by Gasteiger charge is 2.09. The van der Waals surface area contributed by atoms with Crippen LogP contribution in [-0.4, -0.2) is 11.0 Å². The fourth-order valence-corrected chi connectivity index (χ4v) is 2.21. The van der Waals surface area contributed by atoms with Gasteiger partial charge in [-0.2, -0.15) is 0 Å². The Balaban J connectivity index is 2.26. The number of nitrogens with two attached hydrogens (primary N) is 1. The van der Waals surface area contributed by atoms with E-state index in [-0.39, 0.29) is 23.8 Å². The molecule has 0 bridgehead atoms. The predicted molar refractivity (Wildman–Crippen MR) is 80.3 cm³/mol. The van der Waals surface area contributed by atoms with Crippen LogP contribution in [0.5, 0.6) is 0 Å². The molecule has 0 fully saturated rings. The van der Waals surface area contributed by atoms with Crippen LogP contribution in [0.25, 0.3) is 0 Å². The Kier molecular flexibility index (Phi) is 4.74. The van der Waals surface area contributed by atoms with E-state index in [9.17, 15) is 8.78 Å². The van der Waals surface area contributed by atoms with Gasteiger partial charge in [0.15, 0.2) is 5.84 Å². The highest BCUT2D eigenvalue weighted by molar-refractivity contribution is 9.10. The number of benzene rings is 2. The summed E-state index contributed by atoms with van der Waals surface area (Å²) in [6.07, 6.45) is 0. The average Bonchev–Trinajstić information content (AvgIpc) is 2.48. The highest BCUT2D eigenvalue weighted by Crippen LogP contribution is 2.24. The van der Waals surface area contributed by atoms with Crippen LogP contribution in [0.1, 0.15) is 11.1 Å². The molecule has 0 amide bonds. The van der Waals surface area contributed by atoms with E-state index >= 15 is 0 Å². The summed E-state index contributed by atoms with van der Waals surface area (Å²) in [5.41, 5.74) is 6.96. The molecule has 0 saturated carbocycles. The van der Waals surface area contributed by atoms with Crippen molar-refractivity contribution in [3.05, 3.63) is 63.6 Å². The topological polar surface area (TPSA) is 70.6 Å². The third-order valence-electron chi connectivity index (χ3n) is 2.85. The van der Waals surface area contributed by atoms with Crippen molar-refractivity contribution in [2.45, 2.75) is 6.54 Å². The standard InChI is InChI=1S/C14H12BrF2N3O/c15-12-4-3-10(17)6-13(12)19-7-8-1-2-9(16)5-11(8)14(18)20-21/h1-6,19,21H,7H2,(H2,18,20). The Morgan fingerprint density at radius 1 is 1.19 bits per heavy atom. The number of rotatable bonds is 4. The van der Waals surface area contributed by atoms with Crippen LogP contribution in [0.3, 0.4) is 0 Å². The van der Waals surface area contributed by atoms with E-state index in [0.717, 1.165) is 0 Å². The third-order valence-corrected chi connectivity index (χ3v) is 3.54. The normalized spacial score (nSPS) is 11.5. The second-order valence-corrected chi connectivity index (χ2v) is 5.12. The molecule has 21 heavy (non-hydrogen) atoms. The maximum Gasteiger partial charge on any atom is 0.170 e. The van der Waals surface area contributed by atoms with Gasteiger partial charge in [0, 0.05) is 16.6 Å². The zero-order valence-corrected chi connectivity index (χ0v) is 12.4. The molecule has 0 atom stereocenters. The van der Waals surface area contributed by atoms with Gasteiger partial charge in [-0.05, 0) is 51.8 Å². The number of hydrogen-bond acceptors (Lipinski definition) is 3. The summed E-state index contributed by atoms with van der Waals surface area (Å²) in [6.45, 7) is 0.258. The van der Waals surface area contributed by atoms with E-state index in [1.807, 2.05) is 0 Å². The zero-order chi connectivity index (χ0) is 15.4. The number of oxime groups is 1. The third kappa shape index (κ3) is 3.69. The minimum absolute atomic E-state index is 0.190. The Hall–Kier alpha value is -2.15. The largest absolute Gasteiger partial charge is 0.409 e. The second kappa shape index (κ2) is 6.53. The Labute approximate surface area is 128 Å². The molecular formula is C14H12BrF2N3O. The Bertz CT molecular complexity index is 692. The zero-order valence-electron chi connectivity index (χ0n) is 10.8. The van der Waals surface area contributed by atoms with Crippen molar-refractivity contribution in [3.63, 3.8) is 0 Å². The van der Waals surface area contributed by atoms with Crippen LogP contribution in [0.15, 0.2) is 46.0 Å². The molecule has 0 radical (unpaired) electrons. The highest BCUT2D eigenvalue weighted by atomic mass is 79.9. The molecule has 0 saturated heterocycles. The van der Waals surface area contributed by atoms with Crippen molar-refractivity contribution in [3.8, 4) is 0 Å². The fraction of sp³-hybridized carbons (Fsp3) is 0.0714. The minimum Gasteiger partial charge on any atom is -0.409 e. The molecule has 2 aromatic rings. The predicted octanol–water partition coefficient (Wildman–Crippen LogP) is 3.43. The van der Waals surface area contributed by atoms with Gasteiger partial charge < -0.3 is 16.3 Å². The first kappa shape index (κ1) is 15.2. The van der Waals surface area contributed by atoms with Crippen molar-refractivity contribution in [1.82, 2.24) is 0 Å². The molecule has 0 aliphatic rings. The summed E-state index contributed by atoms with van der Waals surface area (Å²) in [6, 6.07) is 8.19. The van der Waals surface area contributed by atoms with Crippen LogP contribution in [0, 0.1) is 11.6 Å². The lowest BCUT2D eigenvalue weighted by Gasteiger charge is -2.12. The number of halogens is 3. The lowest BCUT2D eigenvalue weighted by Crippen LogP contribution is -2.17. The minimum atomic E-state index is -0.493. The molecule has 7 heteroatoms. The lowest BCUT2D eigenvalue weighted by molar-refractivity contribution is 0.318. The molecule has 2 rings (SSSR count). The molecule has 0 aliphatic heterocycles. The van der Waals surface area contributed by atoms with Crippen LogP contribution in [-0.2, 0) is 6.54 Å². The monoisotopic (exact) mass is 355 g/mol. The van der Waals surface area contributed by atoms with E-state index in [1.165, 1.54) is 30.3 Å². The molecule has 0 spiro atoms. The fourth-order valence-electron chi connectivity index (χ4n) is 1.82. The van der Waals surface area contributed by atoms with Gasteiger partial charge in [0.2, 0.25) is 0 Å². The van der Waals surface area contributed by atoms with E-state index < -0.39 is 5.82 Å². The van der Waals surface area contributed by atoms with E-state index in [0.29, 0.717) is 15.7 Å². The van der Waals surface area contributed by atoms with Gasteiger partial charge in [-0.3, -0.25) is 0 Å². The molecule has 4 nitrogen and oxygen atoms in total. The van der Waals surface area contributed by atoms with Crippen molar-refractivity contribution >= 4 is 27.5 Å². The quantitative estimate of drug-likeness (QED) is 0.340. The first-order valence-corrected chi connectivity index (χ1v) is 6.76. The smallest absolute Gasteiger partial charge is 0.170 e. The van der Waals surface area contributed by atoms with Crippen LogP contribution in [0.2, 0.25) is 0 Å². The summed E-state index contributed by atoms with van der Waals surface area (Å²) in [5, 5.41) is 14.6. The maximum absolute atomic E-state index is 13.3. The Morgan fingerprint density at radius 2 is 1.86 bits per heavy atom. The summed E-state index contributed by atoms with van der Waals surface area (Å²) >= 11 is 3.30. The summed E-state index contributed by atoms with van der Waals surface area (Å²) in [4.78, 5) is 0. The van der Waals surface area contributed by atoms with Gasteiger partial charge in [0.05, 0.1) is 5.69 Å². The SMILES string of the molecule is N/C(=N/O)c1cc(F)ccc1CNc1cc(F)ccc1Br. The Morgan fingerprint density at radius 3 is 2.57 bits per heavy atom. The number of amidine groups is 1. The molecule has 4 N–H and O–H groups in total. The van der Waals surface area contributed by atoms with E-state index in [1.54, 1.807) is 6.07 Å². The number of nitrogens with zero attached hydrogens (tertiary/aromatic N) is 1. The average molecular weight is 356 g/mol. The van der Waals surface area contributed by atoms with E-state index in [2.05, 4.69) is 26.4 Å². The number of nitrogens with one attached hydrogen (secondary N) is 1. The van der Waals surface area contributed by atoms with Gasteiger partial charge in [-0.1, -0.05) is 11.2 Å². The van der Waals surface area contributed by atoms with Crippen molar-refractivity contribution in [2.75, 3.05) is 5.32 Å². The van der Waals surface area contributed by atoms with Gasteiger partial charge >= 0.3 is 0 Å². The van der Waals surface area contributed by atoms with Gasteiger partial charge in [0.1, 0.15) is 11.6 Å². The molecule has 0 unspecified atom stereocenters.